The van der Waals surface area contributed by atoms with Gasteiger partial charge in [0.2, 0.25) is 0 Å². The van der Waals surface area contributed by atoms with Gasteiger partial charge in [-0.15, -0.1) is 0 Å². The summed E-state index contributed by atoms with van der Waals surface area (Å²) in [7, 11) is -4.12. The molecule has 0 aliphatic heterocycles. The fraction of sp³-hybridized carbons (Fsp3) is 1.00. The monoisotopic (exact) mass is 430 g/mol. The van der Waals surface area contributed by atoms with E-state index in [1.54, 1.807) is 0 Å². The Morgan fingerprint density at radius 1 is 0.667 bits per heavy atom. The van der Waals surface area contributed by atoms with Crippen LogP contribution in [0.15, 0.2) is 0 Å². The van der Waals surface area contributed by atoms with E-state index in [1.807, 2.05) is 6.92 Å². The van der Waals surface area contributed by atoms with E-state index < -0.39 is 15.4 Å². The Balaban J connectivity index is 0. The predicted molar refractivity (Wildman–Crippen MR) is 109 cm³/mol. The van der Waals surface area contributed by atoms with Crippen LogP contribution in [0.4, 0.5) is 0 Å². The summed E-state index contributed by atoms with van der Waals surface area (Å²) < 4.78 is 33.4. The molecule has 0 saturated heterocycles. The van der Waals surface area contributed by atoms with Gasteiger partial charge >= 0.3 is 51.4 Å². The smallest absolute Gasteiger partial charge is 0.748 e. The molecule has 27 heavy (non-hydrogen) atoms. The van der Waals surface area contributed by atoms with Gasteiger partial charge < -0.3 is 9.66 Å². The molecule has 0 amide bonds. The molecule has 6 heteroatoms. The molecule has 158 valence electrons. The van der Waals surface area contributed by atoms with Crippen molar-refractivity contribution in [3.8, 4) is 0 Å². The molecule has 0 radical (unpaired) electrons. The number of unbranched alkanes of at least 4 members (excludes halogenated alkanes) is 10. The average molecular weight is 431 g/mol. The summed E-state index contributed by atoms with van der Waals surface area (Å²) in [6.45, 7) is 4.08. The van der Waals surface area contributed by atoms with Gasteiger partial charge in [0.15, 0.2) is 0 Å². The minimum atomic E-state index is -4.12. The van der Waals surface area contributed by atoms with Crippen LogP contribution < -0.4 is 51.4 Å². The summed E-state index contributed by atoms with van der Waals surface area (Å²) in [5.74, 6) is 0. The molecule has 4 nitrogen and oxygen atoms in total. The van der Waals surface area contributed by atoms with Gasteiger partial charge in [-0.2, -0.15) is 0 Å². The van der Waals surface area contributed by atoms with Crippen molar-refractivity contribution < 1.29 is 69.5 Å². The molecule has 0 spiro atoms. The van der Waals surface area contributed by atoms with Crippen LogP contribution in [0, 0.1) is 0 Å². The minimum absolute atomic E-state index is 0. The molecule has 0 fully saturated rings. The SMILES string of the molecule is CCCCC(O)CCCCCCCCCCCCC(CCC)S(=O)(=O)[O-].[K+]. The fourth-order valence-corrected chi connectivity index (χ4v) is 4.48. The van der Waals surface area contributed by atoms with E-state index in [-0.39, 0.29) is 57.5 Å². The van der Waals surface area contributed by atoms with Gasteiger partial charge in [-0.3, -0.25) is 0 Å². The van der Waals surface area contributed by atoms with Gasteiger partial charge in [0.1, 0.15) is 0 Å². The Hall–Kier alpha value is 1.51. The third-order valence-corrected chi connectivity index (χ3v) is 6.51. The molecular weight excluding hydrogens is 387 g/mol. The Bertz CT molecular complexity index is 401. The van der Waals surface area contributed by atoms with Crippen molar-refractivity contribution in [3.63, 3.8) is 0 Å². The van der Waals surface area contributed by atoms with E-state index in [0.717, 1.165) is 57.8 Å². The zero-order chi connectivity index (χ0) is 19.7. The standard InChI is InChI=1S/C21H44O4S.K/c1-3-5-17-20(22)18-14-12-10-8-6-7-9-11-13-15-19-21(16-4-2)26(23,24)25;/h20-22H,3-19H2,1-2H3,(H,23,24,25);/q;+1/p-1. The van der Waals surface area contributed by atoms with E-state index in [4.69, 9.17) is 0 Å². The van der Waals surface area contributed by atoms with Crippen LogP contribution in [0.2, 0.25) is 0 Å². The summed E-state index contributed by atoms with van der Waals surface area (Å²) in [5.41, 5.74) is 0. The maximum Gasteiger partial charge on any atom is 1.00 e. The second kappa shape index (κ2) is 20.8. The van der Waals surface area contributed by atoms with Crippen molar-refractivity contribution in [1.29, 1.82) is 0 Å². The van der Waals surface area contributed by atoms with Crippen LogP contribution >= 0.6 is 0 Å². The first kappa shape index (κ1) is 30.7. The molecule has 1 N–H and O–H groups in total. The molecule has 2 unspecified atom stereocenters. The van der Waals surface area contributed by atoms with E-state index >= 15 is 0 Å². The second-order valence-electron chi connectivity index (χ2n) is 7.81. The van der Waals surface area contributed by atoms with Gasteiger partial charge in [-0.05, 0) is 25.7 Å². The summed E-state index contributed by atoms with van der Waals surface area (Å²) in [4.78, 5) is 0. The Morgan fingerprint density at radius 2 is 1.07 bits per heavy atom. The largest absolute Gasteiger partial charge is 1.00 e. The maximum atomic E-state index is 11.1. The molecule has 0 heterocycles. The van der Waals surface area contributed by atoms with Crippen LogP contribution in [0.25, 0.3) is 0 Å². The Labute approximate surface area is 211 Å². The average Bonchev–Trinajstić information content (AvgIpc) is 2.58. The topological polar surface area (TPSA) is 77.4 Å². The quantitative estimate of drug-likeness (QED) is 0.194. The maximum absolute atomic E-state index is 11.1. The van der Waals surface area contributed by atoms with Crippen molar-refractivity contribution in [2.45, 2.75) is 134 Å². The van der Waals surface area contributed by atoms with E-state index in [1.165, 1.54) is 38.5 Å². The van der Waals surface area contributed by atoms with Crippen molar-refractivity contribution in [1.82, 2.24) is 0 Å². The zero-order valence-electron chi connectivity index (χ0n) is 18.3. The molecule has 2 atom stereocenters. The molecule has 0 aromatic rings. The second-order valence-corrected chi connectivity index (χ2v) is 9.46. The predicted octanol–water partition coefficient (Wildman–Crippen LogP) is 2.94. The normalized spacial score (nSPS) is 13.9. The summed E-state index contributed by atoms with van der Waals surface area (Å²) >= 11 is 0. The summed E-state index contributed by atoms with van der Waals surface area (Å²) in [6, 6.07) is 0. The van der Waals surface area contributed by atoms with Crippen LogP contribution in [0.3, 0.4) is 0 Å². The van der Waals surface area contributed by atoms with E-state index in [0.29, 0.717) is 12.8 Å². The Morgan fingerprint density at radius 3 is 1.48 bits per heavy atom. The molecule has 0 bridgehead atoms. The minimum Gasteiger partial charge on any atom is -0.748 e. The van der Waals surface area contributed by atoms with Gasteiger partial charge in [-0.1, -0.05) is 97.3 Å². The molecule has 0 aromatic heterocycles. The molecule has 0 saturated carbocycles. The van der Waals surface area contributed by atoms with Crippen molar-refractivity contribution in [2.75, 3.05) is 0 Å². The third kappa shape index (κ3) is 20.6. The molecule has 0 aliphatic rings. The molecular formula is C21H43KO4S. The van der Waals surface area contributed by atoms with E-state index in [2.05, 4.69) is 6.92 Å². The van der Waals surface area contributed by atoms with Crippen LogP contribution in [-0.2, 0) is 10.1 Å². The molecule has 0 rings (SSSR count). The van der Waals surface area contributed by atoms with Crippen LogP contribution in [0.5, 0.6) is 0 Å². The first-order chi connectivity index (χ1) is 12.4. The molecule has 0 aromatic carbocycles. The third-order valence-electron chi connectivity index (χ3n) is 5.22. The summed E-state index contributed by atoms with van der Waals surface area (Å²) in [6.07, 6.45) is 17.6. The number of hydrogen-bond donors (Lipinski definition) is 1. The van der Waals surface area contributed by atoms with Crippen LogP contribution in [-0.4, -0.2) is 29.4 Å². The van der Waals surface area contributed by atoms with E-state index in [9.17, 15) is 18.1 Å². The van der Waals surface area contributed by atoms with Crippen molar-refractivity contribution >= 4 is 10.1 Å². The zero-order valence-corrected chi connectivity index (χ0v) is 22.2. The first-order valence-corrected chi connectivity index (χ1v) is 12.5. The van der Waals surface area contributed by atoms with Crippen LogP contribution in [0.1, 0.15) is 123 Å². The van der Waals surface area contributed by atoms with Gasteiger partial charge in [0, 0.05) is 5.25 Å². The number of rotatable bonds is 19. The number of aliphatic hydroxyl groups is 1. The fourth-order valence-electron chi connectivity index (χ4n) is 3.51. The van der Waals surface area contributed by atoms with Crippen molar-refractivity contribution in [3.05, 3.63) is 0 Å². The number of hydrogen-bond acceptors (Lipinski definition) is 4. The first-order valence-electron chi connectivity index (χ1n) is 11.0. The van der Waals surface area contributed by atoms with Gasteiger partial charge in [-0.25, -0.2) is 8.42 Å². The molecule has 0 aliphatic carbocycles. The summed E-state index contributed by atoms with van der Waals surface area (Å²) in [5, 5.41) is 9.11. The van der Waals surface area contributed by atoms with Crippen molar-refractivity contribution in [2.24, 2.45) is 0 Å². The van der Waals surface area contributed by atoms with Gasteiger partial charge in [0.05, 0.1) is 16.2 Å². The number of aliphatic hydroxyl groups excluding tert-OH is 1. The van der Waals surface area contributed by atoms with Gasteiger partial charge in [0.25, 0.3) is 0 Å². The Kier molecular flexibility index (Phi) is 23.6.